The Morgan fingerprint density at radius 3 is 3.00 bits per heavy atom. The first-order chi connectivity index (χ1) is 8.15. The second kappa shape index (κ2) is 5.05. The van der Waals surface area contributed by atoms with Gasteiger partial charge in [-0.1, -0.05) is 6.07 Å². The van der Waals surface area contributed by atoms with E-state index in [2.05, 4.69) is 10.3 Å². The normalized spacial score (nSPS) is 10.2. The van der Waals surface area contributed by atoms with Crippen molar-refractivity contribution in [3.8, 4) is 0 Å². The predicted molar refractivity (Wildman–Crippen MR) is 64.4 cm³/mol. The molecule has 1 heterocycles. The van der Waals surface area contributed by atoms with Gasteiger partial charge in [-0.15, -0.1) is 11.3 Å². The van der Waals surface area contributed by atoms with E-state index in [0.717, 1.165) is 9.88 Å². The number of carbonyl (C=O) groups excluding carboxylic acids is 1. The Morgan fingerprint density at radius 2 is 2.35 bits per heavy atom. The number of aryl methyl sites for hydroxylation is 1. The van der Waals surface area contributed by atoms with Gasteiger partial charge in [-0.25, -0.2) is 9.37 Å². The van der Waals surface area contributed by atoms with Crippen molar-refractivity contribution in [1.29, 1.82) is 0 Å². The van der Waals surface area contributed by atoms with E-state index in [-0.39, 0.29) is 5.91 Å². The smallest absolute Gasteiger partial charge is 0.251 e. The molecule has 0 atom stereocenters. The highest BCUT2D eigenvalue weighted by atomic mass is 32.1. The Hall–Kier alpha value is -1.75. The third-order valence-corrected chi connectivity index (χ3v) is 3.07. The van der Waals surface area contributed by atoms with Crippen LogP contribution in [0.1, 0.15) is 20.2 Å². The summed E-state index contributed by atoms with van der Waals surface area (Å²) in [6.45, 7) is 2.32. The highest BCUT2D eigenvalue weighted by molar-refractivity contribution is 7.11. The predicted octanol–water partition coefficient (Wildman–Crippen LogP) is 2.52. The number of rotatable bonds is 3. The van der Waals surface area contributed by atoms with Gasteiger partial charge in [-0.2, -0.15) is 0 Å². The van der Waals surface area contributed by atoms with Crippen LogP contribution in [0.2, 0.25) is 0 Å². The van der Waals surface area contributed by atoms with Crippen molar-refractivity contribution in [2.45, 2.75) is 13.5 Å². The van der Waals surface area contributed by atoms with Gasteiger partial charge in [0.05, 0.1) is 6.54 Å². The van der Waals surface area contributed by atoms with Gasteiger partial charge in [0.25, 0.3) is 5.91 Å². The summed E-state index contributed by atoms with van der Waals surface area (Å²) in [5.41, 5.74) is 0.318. The second-order valence-electron chi connectivity index (χ2n) is 3.56. The Balaban J connectivity index is 1.98. The molecule has 1 aromatic carbocycles. The van der Waals surface area contributed by atoms with E-state index in [1.165, 1.54) is 29.5 Å². The molecule has 0 saturated heterocycles. The van der Waals surface area contributed by atoms with Gasteiger partial charge in [0.2, 0.25) is 0 Å². The summed E-state index contributed by atoms with van der Waals surface area (Å²) in [6, 6.07) is 5.60. The summed E-state index contributed by atoms with van der Waals surface area (Å²) in [6.07, 6.45) is 1.76. The van der Waals surface area contributed by atoms with Crippen LogP contribution >= 0.6 is 11.3 Å². The minimum atomic E-state index is -0.414. The van der Waals surface area contributed by atoms with Crippen molar-refractivity contribution in [3.05, 3.63) is 51.7 Å². The molecule has 2 rings (SSSR count). The number of hydrogen-bond acceptors (Lipinski definition) is 3. The van der Waals surface area contributed by atoms with Crippen LogP contribution in [0.5, 0.6) is 0 Å². The number of nitrogens with one attached hydrogen (secondary N) is 1. The van der Waals surface area contributed by atoms with E-state index in [0.29, 0.717) is 12.1 Å². The summed E-state index contributed by atoms with van der Waals surface area (Å²) < 4.78 is 12.9. The fourth-order valence-corrected chi connectivity index (χ4v) is 2.10. The molecule has 5 heteroatoms. The van der Waals surface area contributed by atoms with Crippen molar-refractivity contribution in [3.63, 3.8) is 0 Å². The average molecular weight is 250 g/mol. The van der Waals surface area contributed by atoms with Crippen molar-refractivity contribution >= 4 is 17.2 Å². The first-order valence-corrected chi connectivity index (χ1v) is 5.92. The highest BCUT2D eigenvalue weighted by Crippen LogP contribution is 2.11. The van der Waals surface area contributed by atoms with Gasteiger partial charge in [0.15, 0.2) is 0 Å². The molecule has 0 aliphatic heterocycles. The van der Waals surface area contributed by atoms with Crippen LogP contribution in [-0.4, -0.2) is 10.9 Å². The molecular weight excluding hydrogens is 239 g/mol. The van der Waals surface area contributed by atoms with Crippen LogP contribution in [0.4, 0.5) is 4.39 Å². The van der Waals surface area contributed by atoms with E-state index >= 15 is 0 Å². The van der Waals surface area contributed by atoms with Gasteiger partial charge >= 0.3 is 0 Å². The minimum Gasteiger partial charge on any atom is -0.346 e. The molecule has 0 saturated carbocycles. The van der Waals surface area contributed by atoms with E-state index in [9.17, 15) is 9.18 Å². The molecule has 0 bridgehead atoms. The van der Waals surface area contributed by atoms with Crippen LogP contribution in [0, 0.1) is 12.7 Å². The van der Waals surface area contributed by atoms with E-state index in [4.69, 9.17) is 0 Å². The number of benzene rings is 1. The molecule has 1 amide bonds. The average Bonchev–Trinajstić information content (AvgIpc) is 2.72. The van der Waals surface area contributed by atoms with Crippen LogP contribution in [0.25, 0.3) is 0 Å². The molecule has 0 aliphatic carbocycles. The Kier molecular flexibility index (Phi) is 3.49. The molecule has 0 aliphatic rings. The minimum absolute atomic E-state index is 0.294. The van der Waals surface area contributed by atoms with Crippen molar-refractivity contribution in [2.75, 3.05) is 0 Å². The van der Waals surface area contributed by atoms with Crippen LogP contribution < -0.4 is 5.32 Å². The van der Waals surface area contributed by atoms with Crippen molar-refractivity contribution in [2.24, 2.45) is 0 Å². The number of thiazole rings is 1. The molecule has 1 aromatic heterocycles. The van der Waals surface area contributed by atoms with Gasteiger partial charge in [-0.05, 0) is 25.1 Å². The van der Waals surface area contributed by atoms with Crippen molar-refractivity contribution < 1.29 is 9.18 Å². The summed E-state index contributed by atoms with van der Waals surface area (Å²) in [5, 5.41) is 3.54. The molecule has 1 N–H and O–H groups in total. The maximum absolute atomic E-state index is 12.9. The molecule has 3 nitrogen and oxygen atoms in total. The lowest BCUT2D eigenvalue weighted by atomic mass is 10.2. The third kappa shape index (κ3) is 3.10. The van der Waals surface area contributed by atoms with E-state index < -0.39 is 5.82 Å². The largest absolute Gasteiger partial charge is 0.346 e. The SMILES string of the molecule is Cc1cnc(CNC(=O)c2cccc(F)c2)s1. The standard InChI is InChI=1S/C12H11FN2OS/c1-8-6-14-11(17-8)7-15-12(16)9-3-2-4-10(13)5-9/h2-6H,7H2,1H3,(H,15,16). The topological polar surface area (TPSA) is 42.0 Å². The lowest BCUT2D eigenvalue weighted by molar-refractivity contribution is 0.0950. The zero-order valence-electron chi connectivity index (χ0n) is 9.24. The van der Waals surface area contributed by atoms with Gasteiger partial charge in [0.1, 0.15) is 10.8 Å². The number of nitrogens with zero attached hydrogens (tertiary/aromatic N) is 1. The zero-order chi connectivity index (χ0) is 12.3. The maximum atomic E-state index is 12.9. The molecule has 0 fully saturated rings. The van der Waals surface area contributed by atoms with E-state index in [1.807, 2.05) is 6.92 Å². The fourth-order valence-electron chi connectivity index (χ4n) is 1.37. The fraction of sp³-hybridized carbons (Fsp3) is 0.167. The number of hydrogen-bond donors (Lipinski definition) is 1. The number of halogens is 1. The monoisotopic (exact) mass is 250 g/mol. The number of aromatic nitrogens is 1. The molecule has 0 spiro atoms. The summed E-state index contributed by atoms with van der Waals surface area (Å²) in [5.74, 6) is -0.708. The van der Waals surface area contributed by atoms with Gasteiger partial charge < -0.3 is 5.32 Å². The lowest BCUT2D eigenvalue weighted by Crippen LogP contribution is -2.22. The Labute approximate surface area is 102 Å². The quantitative estimate of drug-likeness (QED) is 0.909. The molecule has 2 aromatic rings. The Morgan fingerprint density at radius 1 is 1.53 bits per heavy atom. The summed E-state index contributed by atoms with van der Waals surface area (Å²) >= 11 is 1.53. The van der Waals surface area contributed by atoms with Gasteiger partial charge in [0, 0.05) is 16.6 Å². The lowest BCUT2D eigenvalue weighted by Gasteiger charge is -2.02. The third-order valence-electron chi connectivity index (χ3n) is 2.16. The molecule has 88 valence electrons. The molecular formula is C12H11FN2OS. The number of carbonyl (C=O) groups is 1. The maximum Gasteiger partial charge on any atom is 0.251 e. The van der Waals surface area contributed by atoms with Crippen LogP contribution in [-0.2, 0) is 6.54 Å². The summed E-state index contributed by atoms with van der Waals surface area (Å²) in [7, 11) is 0. The molecule has 0 unspecified atom stereocenters. The highest BCUT2D eigenvalue weighted by Gasteiger charge is 2.07. The van der Waals surface area contributed by atoms with Gasteiger partial charge in [-0.3, -0.25) is 4.79 Å². The van der Waals surface area contributed by atoms with Crippen molar-refractivity contribution in [1.82, 2.24) is 10.3 Å². The Bertz CT molecular complexity index is 539. The van der Waals surface area contributed by atoms with E-state index in [1.54, 1.807) is 12.3 Å². The number of amides is 1. The summed E-state index contributed by atoms with van der Waals surface area (Å²) in [4.78, 5) is 16.9. The first-order valence-electron chi connectivity index (χ1n) is 5.10. The molecule has 17 heavy (non-hydrogen) atoms. The zero-order valence-corrected chi connectivity index (χ0v) is 10.1. The van der Waals surface area contributed by atoms with Crippen LogP contribution in [0.15, 0.2) is 30.5 Å². The van der Waals surface area contributed by atoms with Crippen LogP contribution in [0.3, 0.4) is 0 Å². The second-order valence-corrected chi connectivity index (χ2v) is 4.88. The molecule has 0 radical (unpaired) electrons. The first kappa shape index (κ1) is 11.7.